The van der Waals surface area contributed by atoms with E-state index in [2.05, 4.69) is 5.10 Å². The molecule has 24 heavy (non-hydrogen) atoms. The number of benzene rings is 1. The molecule has 1 aromatic heterocycles. The minimum atomic E-state index is -3.51. The van der Waals surface area contributed by atoms with Crippen LogP contribution >= 0.6 is 0 Å². The molecule has 8 heteroatoms. The van der Waals surface area contributed by atoms with Gasteiger partial charge in [-0.05, 0) is 17.9 Å². The van der Waals surface area contributed by atoms with Crippen LogP contribution in [-0.4, -0.2) is 47.8 Å². The maximum atomic E-state index is 12.5. The van der Waals surface area contributed by atoms with Crippen molar-refractivity contribution in [3.05, 3.63) is 53.9 Å². The standard InChI is InChI=1S/C16H20N4O3S/c17-24(22,23)12-14-6-7-19(9-14)16(21)15-8-18-20(11-15)10-13-4-2-1-3-5-13/h1-5,8,11,14H,6-7,9-10,12H2,(H2,17,22,23)/t14-/m1/s1. The molecular weight excluding hydrogens is 328 g/mol. The molecule has 2 aromatic rings. The third-order valence-electron chi connectivity index (χ3n) is 4.11. The molecule has 1 amide bonds. The van der Waals surface area contributed by atoms with Crippen LogP contribution in [-0.2, 0) is 16.6 Å². The molecule has 1 fully saturated rings. The highest BCUT2D eigenvalue weighted by Crippen LogP contribution is 2.19. The maximum absolute atomic E-state index is 12.5. The van der Waals surface area contributed by atoms with E-state index >= 15 is 0 Å². The van der Waals surface area contributed by atoms with Gasteiger partial charge in [-0.1, -0.05) is 30.3 Å². The Morgan fingerprint density at radius 2 is 2.04 bits per heavy atom. The molecule has 0 bridgehead atoms. The quantitative estimate of drug-likeness (QED) is 0.859. The van der Waals surface area contributed by atoms with Crippen LogP contribution in [0.1, 0.15) is 22.3 Å². The zero-order chi connectivity index (χ0) is 17.2. The number of rotatable bonds is 5. The molecule has 1 aromatic carbocycles. The number of amides is 1. The van der Waals surface area contributed by atoms with E-state index in [1.54, 1.807) is 22.0 Å². The van der Waals surface area contributed by atoms with Crippen molar-refractivity contribution in [2.24, 2.45) is 11.1 Å². The average Bonchev–Trinajstić information content (AvgIpc) is 3.16. The smallest absolute Gasteiger partial charge is 0.257 e. The zero-order valence-electron chi connectivity index (χ0n) is 13.2. The third-order valence-corrected chi connectivity index (χ3v) is 5.04. The fourth-order valence-electron chi connectivity index (χ4n) is 3.00. The first-order valence-corrected chi connectivity index (χ1v) is 9.48. The Balaban J connectivity index is 1.62. The van der Waals surface area contributed by atoms with Crippen molar-refractivity contribution in [1.82, 2.24) is 14.7 Å². The molecule has 1 aliphatic heterocycles. The lowest BCUT2D eigenvalue weighted by Gasteiger charge is -2.15. The molecule has 2 N–H and O–H groups in total. The van der Waals surface area contributed by atoms with Crippen molar-refractivity contribution < 1.29 is 13.2 Å². The lowest BCUT2D eigenvalue weighted by atomic mass is 10.2. The van der Waals surface area contributed by atoms with Gasteiger partial charge >= 0.3 is 0 Å². The van der Waals surface area contributed by atoms with Crippen LogP contribution in [0.3, 0.4) is 0 Å². The zero-order valence-corrected chi connectivity index (χ0v) is 14.0. The van der Waals surface area contributed by atoms with Gasteiger partial charge in [0.1, 0.15) is 0 Å². The largest absolute Gasteiger partial charge is 0.338 e. The molecule has 1 atom stereocenters. The van der Waals surface area contributed by atoms with Gasteiger partial charge in [0, 0.05) is 19.3 Å². The summed E-state index contributed by atoms with van der Waals surface area (Å²) in [6.45, 7) is 1.56. The summed E-state index contributed by atoms with van der Waals surface area (Å²) in [4.78, 5) is 14.2. The van der Waals surface area contributed by atoms with Gasteiger partial charge in [0.25, 0.3) is 5.91 Å². The molecule has 0 saturated carbocycles. The summed E-state index contributed by atoms with van der Waals surface area (Å²) in [5, 5.41) is 9.32. The highest BCUT2D eigenvalue weighted by atomic mass is 32.2. The van der Waals surface area contributed by atoms with Gasteiger partial charge in [-0.15, -0.1) is 0 Å². The Bertz CT molecular complexity index is 817. The summed E-state index contributed by atoms with van der Waals surface area (Å²) >= 11 is 0. The van der Waals surface area contributed by atoms with Crippen molar-refractivity contribution in [2.75, 3.05) is 18.8 Å². The number of carbonyl (C=O) groups excluding carboxylic acids is 1. The van der Waals surface area contributed by atoms with Gasteiger partial charge in [-0.25, -0.2) is 13.6 Å². The van der Waals surface area contributed by atoms with E-state index in [0.29, 0.717) is 31.6 Å². The second-order valence-corrected chi connectivity index (χ2v) is 7.81. The summed E-state index contributed by atoms with van der Waals surface area (Å²) < 4.78 is 24.1. The second-order valence-electron chi connectivity index (χ2n) is 6.15. The van der Waals surface area contributed by atoms with Gasteiger partial charge in [-0.2, -0.15) is 5.10 Å². The van der Waals surface area contributed by atoms with Gasteiger partial charge in [0.05, 0.1) is 24.1 Å². The summed E-state index contributed by atoms with van der Waals surface area (Å²) in [5.41, 5.74) is 1.62. The Labute approximate surface area is 141 Å². The first kappa shape index (κ1) is 16.7. The minimum absolute atomic E-state index is 0.0793. The number of aromatic nitrogens is 2. The van der Waals surface area contributed by atoms with Crippen molar-refractivity contribution in [3.8, 4) is 0 Å². The molecule has 1 saturated heterocycles. The first-order valence-electron chi connectivity index (χ1n) is 7.77. The second kappa shape index (κ2) is 6.74. The number of hydrogen-bond donors (Lipinski definition) is 1. The van der Waals surface area contributed by atoms with E-state index in [0.717, 1.165) is 5.56 Å². The lowest BCUT2D eigenvalue weighted by Crippen LogP contribution is -2.30. The number of sulfonamides is 1. The van der Waals surface area contributed by atoms with Crippen molar-refractivity contribution in [3.63, 3.8) is 0 Å². The van der Waals surface area contributed by atoms with E-state index in [1.165, 1.54) is 0 Å². The lowest BCUT2D eigenvalue weighted by molar-refractivity contribution is 0.0788. The Morgan fingerprint density at radius 1 is 1.29 bits per heavy atom. The summed E-state index contributed by atoms with van der Waals surface area (Å²) in [6.07, 6.45) is 3.93. The molecule has 0 unspecified atom stereocenters. The number of nitrogens with zero attached hydrogens (tertiary/aromatic N) is 3. The van der Waals surface area contributed by atoms with Gasteiger partial charge in [0.2, 0.25) is 10.0 Å². The molecule has 2 heterocycles. The van der Waals surface area contributed by atoms with Crippen molar-refractivity contribution in [2.45, 2.75) is 13.0 Å². The van der Waals surface area contributed by atoms with Crippen LogP contribution < -0.4 is 5.14 Å². The number of hydrogen-bond acceptors (Lipinski definition) is 4. The number of carbonyl (C=O) groups is 1. The Morgan fingerprint density at radius 3 is 2.75 bits per heavy atom. The Kier molecular flexibility index (Phi) is 4.68. The normalized spacial score (nSPS) is 18.0. The number of likely N-dealkylation sites (tertiary alicyclic amines) is 1. The van der Waals surface area contributed by atoms with E-state index in [1.807, 2.05) is 30.3 Å². The van der Waals surface area contributed by atoms with Crippen molar-refractivity contribution >= 4 is 15.9 Å². The molecular formula is C16H20N4O3S. The van der Waals surface area contributed by atoms with Gasteiger partial charge in [-0.3, -0.25) is 9.48 Å². The van der Waals surface area contributed by atoms with Crippen LogP contribution in [0.2, 0.25) is 0 Å². The first-order chi connectivity index (χ1) is 11.4. The molecule has 0 aliphatic carbocycles. The number of nitrogens with two attached hydrogens (primary N) is 1. The summed E-state index contributed by atoms with van der Waals surface area (Å²) in [6, 6.07) is 9.87. The van der Waals surface area contributed by atoms with Crippen LogP contribution in [0, 0.1) is 5.92 Å². The van der Waals surface area contributed by atoms with Gasteiger partial charge in [0.15, 0.2) is 0 Å². The topological polar surface area (TPSA) is 98.3 Å². The predicted octanol–water partition coefficient (Wildman–Crippen LogP) is 0.682. The Hall–Kier alpha value is -2.19. The predicted molar refractivity (Wildman–Crippen MR) is 89.8 cm³/mol. The molecule has 1 aliphatic rings. The highest BCUT2D eigenvalue weighted by Gasteiger charge is 2.29. The fraction of sp³-hybridized carbons (Fsp3) is 0.375. The SMILES string of the molecule is NS(=O)(=O)C[C@@H]1CCN(C(=O)c2cnn(Cc3ccccc3)c2)C1. The third kappa shape index (κ3) is 4.21. The van der Waals surface area contributed by atoms with E-state index in [4.69, 9.17) is 5.14 Å². The van der Waals surface area contributed by atoms with E-state index in [-0.39, 0.29) is 17.6 Å². The average molecular weight is 348 g/mol. The number of primary sulfonamides is 1. The summed E-state index contributed by atoms with van der Waals surface area (Å²) in [7, 11) is -3.51. The molecule has 0 radical (unpaired) electrons. The van der Waals surface area contributed by atoms with Crippen LogP contribution in [0.25, 0.3) is 0 Å². The minimum Gasteiger partial charge on any atom is -0.338 e. The molecule has 128 valence electrons. The molecule has 7 nitrogen and oxygen atoms in total. The summed E-state index contributed by atoms with van der Waals surface area (Å²) in [5.74, 6) is -0.293. The van der Waals surface area contributed by atoms with Crippen LogP contribution in [0.5, 0.6) is 0 Å². The van der Waals surface area contributed by atoms with Crippen LogP contribution in [0.4, 0.5) is 0 Å². The van der Waals surface area contributed by atoms with E-state index < -0.39 is 10.0 Å². The fourth-order valence-corrected chi connectivity index (χ4v) is 3.92. The van der Waals surface area contributed by atoms with E-state index in [9.17, 15) is 13.2 Å². The van der Waals surface area contributed by atoms with Gasteiger partial charge < -0.3 is 4.90 Å². The maximum Gasteiger partial charge on any atom is 0.257 e. The van der Waals surface area contributed by atoms with Crippen molar-refractivity contribution in [1.29, 1.82) is 0 Å². The molecule has 3 rings (SSSR count). The molecule has 0 spiro atoms. The highest BCUT2D eigenvalue weighted by molar-refractivity contribution is 7.89. The van der Waals surface area contributed by atoms with Crippen LogP contribution in [0.15, 0.2) is 42.7 Å². The monoisotopic (exact) mass is 348 g/mol.